The standard InChI is InChI=1S/C20H25NO3/c1-3-20(23)17-9-11-19(12-10-17)24-14-18(22)13-21-15(2)16-7-5-4-6-8-16/h4-12,15,18,21-22H,3,13-14H2,1-2H3/p+1/t15-,18+/m0/s1. The van der Waals surface area contributed by atoms with E-state index >= 15 is 0 Å². The van der Waals surface area contributed by atoms with E-state index in [1.165, 1.54) is 5.56 Å². The van der Waals surface area contributed by atoms with E-state index < -0.39 is 6.10 Å². The quantitative estimate of drug-likeness (QED) is 0.695. The van der Waals surface area contributed by atoms with Crippen LogP contribution < -0.4 is 10.1 Å². The molecule has 0 aromatic heterocycles. The third-order valence-electron chi connectivity index (χ3n) is 4.03. The smallest absolute Gasteiger partial charge is 0.162 e. The molecule has 3 N–H and O–H groups in total. The predicted octanol–water partition coefficient (Wildman–Crippen LogP) is 2.34. The highest BCUT2D eigenvalue weighted by Crippen LogP contribution is 2.13. The van der Waals surface area contributed by atoms with E-state index in [0.717, 1.165) is 0 Å². The molecule has 24 heavy (non-hydrogen) atoms. The van der Waals surface area contributed by atoms with Gasteiger partial charge in [0.25, 0.3) is 0 Å². The van der Waals surface area contributed by atoms with Crippen LogP contribution in [0.1, 0.15) is 42.2 Å². The first-order chi connectivity index (χ1) is 11.6. The second kappa shape index (κ2) is 9.21. The molecule has 2 atom stereocenters. The van der Waals surface area contributed by atoms with Gasteiger partial charge in [-0.3, -0.25) is 4.79 Å². The average molecular weight is 328 g/mol. The van der Waals surface area contributed by atoms with Crippen LogP contribution in [0.2, 0.25) is 0 Å². The van der Waals surface area contributed by atoms with E-state index in [1.807, 2.05) is 25.1 Å². The molecule has 0 fully saturated rings. The van der Waals surface area contributed by atoms with Gasteiger partial charge < -0.3 is 15.2 Å². The Bertz CT molecular complexity index is 625. The zero-order valence-corrected chi connectivity index (χ0v) is 14.3. The van der Waals surface area contributed by atoms with Crippen molar-refractivity contribution in [2.24, 2.45) is 0 Å². The van der Waals surface area contributed by atoms with Gasteiger partial charge in [0.05, 0.1) is 0 Å². The molecule has 2 aromatic carbocycles. The van der Waals surface area contributed by atoms with Crippen LogP contribution in [0.25, 0.3) is 0 Å². The summed E-state index contributed by atoms with van der Waals surface area (Å²) in [6.45, 7) is 4.77. The number of quaternary nitrogens is 1. The van der Waals surface area contributed by atoms with Crippen molar-refractivity contribution < 1.29 is 20.0 Å². The van der Waals surface area contributed by atoms with Crippen molar-refractivity contribution in [1.29, 1.82) is 0 Å². The van der Waals surface area contributed by atoms with Crippen LogP contribution in [-0.2, 0) is 0 Å². The molecule has 0 heterocycles. The van der Waals surface area contributed by atoms with Crippen LogP contribution in [0.5, 0.6) is 5.75 Å². The molecular formula is C20H26NO3+. The molecule has 0 unspecified atom stereocenters. The summed E-state index contributed by atoms with van der Waals surface area (Å²) in [5.41, 5.74) is 1.93. The minimum atomic E-state index is -0.548. The van der Waals surface area contributed by atoms with Gasteiger partial charge in [-0.25, -0.2) is 0 Å². The van der Waals surface area contributed by atoms with Crippen LogP contribution in [0.15, 0.2) is 54.6 Å². The predicted molar refractivity (Wildman–Crippen MR) is 94.2 cm³/mol. The minimum Gasteiger partial charge on any atom is -0.491 e. The highest BCUT2D eigenvalue weighted by molar-refractivity contribution is 5.95. The Kier molecular flexibility index (Phi) is 6.97. The normalized spacial score (nSPS) is 13.3. The topological polar surface area (TPSA) is 63.1 Å². The van der Waals surface area contributed by atoms with Crippen LogP contribution in [0.3, 0.4) is 0 Å². The Morgan fingerprint density at radius 2 is 1.79 bits per heavy atom. The van der Waals surface area contributed by atoms with Gasteiger partial charge in [-0.2, -0.15) is 0 Å². The Morgan fingerprint density at radius 1 is 1.12 bits per heavy atom. The summed E-state index contributed by atoms with van der Waals surface area (Å²) in [6, 6.07) is 17.6. The van der Waals surface area contributed by atoms with Gasteiger partial charge >= 0.3 is 0 Å². The van der Waals surface area contributed by atoms with Crippen molar-refractivity contribution in [2.75, 3.05) is 13.2 Å². The lowest BCUT2D eigenvalue weighted by Gasteiger charge is -2.15. The summed E-state index contributed by atoms with van der Waals surface area (Å²) in [7, 11) is 0. The number of aliphatic hydroxyl groups excluding tert-OH is 1. The fourth-order valence-electron chi connectivity index (χ4n) is 2.46. The summed E-state index contributed by atoms with van der Waals surface area (Å²) in [5.74, 6) is 0.781. The molecule has 0 spiro atoms. The highest BCUT2D eigenvalue weighted by Gasteiger charge is 2.13. The lowest BCUT2D eigenvalue weighted by atomic mass is 10.1. The fourth-order valence-corrected chi connectivity index (χ4v) is 2.46. The molecule has 0 aliphatic rings. The molecule has 0 saturated heterocycles. The number of ketones is 1. The zero-order valence-electron chi connectivity index (χ0n) is 14.3. The second-order valence-electron chi connectivity index (χ2n) is 5.94. The minimum absolute atomic E-state index is 0.117. The molecule has 4 nitrogen and oxygen atoms in total. The van der Waals surface area contributed by atoms with Crippen molar-refractivity contribution >= 4 is 5.78 Å². The van der Waals surface area contributed by atoms with Crippen molar-refractivity contribution in [3.63, 3.8) is 0 Å². The number of Topliss-reactive ketones (excluding diaryl/α,β-unsaturated/α-hetero) is 1. The van der Waals surface area contributed by atoms with Gasteiger partial charge in [-0.1, -0.05) is 37.3 Å². The number of carbonyl (C=O) groups is 1. The first-order valence-electron chi connectivity index (χ1n) is 8.42. The Morgan fingerprint density at radius 3 is 2.42 bits per heavy atom. The number of hydrogen-bond donors (Lipinski definition) is 2. The number of aliphatic hydroxyl groups is 1. The van der Waals surface area contributed by atoms with Crippen LogP contribution in [-0.4, -0.2) is 30.1 Å². The molecular weight excluding hydrogens is 302 g/mol. The molecule has 0 amide bonds. The number of carbonyl (C=O) groups excluding carboxylic acids is 1. The number of benzene rings is 2. The van der Waals surface area contributed by atoms with Gasteiger partial charge in [0.15, 0.2) is 5.78 Å². The summed E-state index contributed by atoms with van der Waals surface area (Å²) in [4.78, 5) is 11.6. The van der Waals surface area contributed by atoms with E-state index in [4.69, 9.17) is 4.74 Å². The molecule has 0 saturated carbocycles. The molecule has 0 aliphatic carbocycles. The van der Waals surface area contributed by atoms with Crippen molar-refractivity contribution in [2.45, 2.75) is 32.4 Å². The molecule has 0 radical (unpaired) electrons. The number of ether oxygens (including phenoxy) is 1. The number of hydrogen-bond acceptors (Lipinski definition) is 3. The summed E-state index contributed by atoms with van der Waals surface area (Å²) >= 11 is 0. The maximum absolute atomic E-state index is 11.6. The largest absolute Gasteiger partial charge is 0.491 e. The Labute approximate surface area is 143 Å². The maximum atomic E-state index is 11.6. The van der Waals surface area contributed by atoms with Gasteiger partial charge in [-0.15, -0.1) is 0 Å². The van der Waals surface area contributed by atoms with Crippen molar-refractivity contribution in [1.82, 2.24) is 0 Å². The third kappa shape index (κ3) is 5.48. The molecule has 2 rings (SSSR count). The number of nitrogens with two attached hydrogens (primary N) is 1. The van der Waals surface area contributed by atoms with Gasteiger partial charge in [0.1, 0.15) is 31.0 Å². The van der Waals surface area contributed by atoms with E-state index in [9.17, 15) is 9.90 Å². The Balaban J connectivity index is 1.75. The van der Waals surface area contributed by atoms with E-state index in [2.05, 4.69) is 24.4 Å². The monoisotopic (exact) mass is 328 g/mol. The fraction of sp³-hybridized carbons (Fsp3) is 0.350. The maximum Gasteiger partial charge on any atom is 0.162 e. The van der Waals surface area contributed by atoms with Gasteiger partial charge in [0.2, 0.25) is 0 Å². The number of rotatable bonds is 9. The molecule has 2 aromatic rings. The third-order valence-corrected chi connectivity index (χ3v) is 4.03. The second-order valence-corrected chi connectivity index (χ2v) is 5.94. The van der Waals surface area contributed by atoms with Gasteiger partial charge in [0, 0.05) is 17.5 Å². The summed E-state index contributed by atoms with van der Waals surface area (Å²) < 4.78 is 5.59. The van der Waals surface area contributed by atoms with Crippen LogP contribution in [0, 0.1) is 0 Å². The summed E-state index contributed by atoms with van der Waals surface area (Å²) in [5, 5.41) is 12.2. The summed E-state index contributed by atoms with van der Waals surface area (Å²) in [6.07, 6.45) is -0.0536. The van der Waals surface area contributed by atoms with E-state index in [1.54, 1.807) is 24.3 Å². The van der Waals surface area contributed by atoms with Crippen molar-refractivity contribution in [3.8, 4) is 5.75 Å². The Hall–Kier alpha value is -2.17. The average Bonchev–Trinajstić information content (AvgIpc) is 2.64. The van der Waals surface area contributed by atoms with Crippen molar-refractivity contribution in [3.05, 3.63) is 65.7 Å². The highest BCUT2D eigenvalue weighted by atomic mass is 16.5. The lowest BCUT2D eigenvalue weighted by molar-refractivity contribution is -0.698. The first-order valence-corrected chi connectivity index (χ1v) is 8.42. The molecule has 128 valence electrons. The van der Waals surface area contributed by atoms with E-state index in [0.29, 0.717) is 30.3 Å². The molecule has 4 heteroatoms. The van der Waals surface area contributed by atoms with Crippen LogP contribution in [0.4, 0.5) is 0 Å². The zero-order chi connectivity index (χ0) is 17.4. The van der Waals surface area contributed by atoms with Gasteiger partial charge in [-0.05, 0) is 31.2 Å². The molecule has 0 bridgehead atoms. The lowest BCUT2D eigenvalue weighted by Crippen LogP contribution is -2.87. The van der Waals surface area contributed by atoms with E-state index in [-0.39, 0.29) is 12.4 Å². The SMILES string of the molecule is CCC(=O)c1ccc(OC[C@H](O)C[NH2+][C@@H](C)c2ccccc2)cc1. The first kappa shape index (κ1) is 18.2. The van der Waals surface area contributed by atoms with Crippen LogP contribution >= 0.6 is 0 Å². The molecule has 0 aliphatic heterocycles.